The van der Waals surface area contributed by atoms with Crippen molar-refractivity contribution in [3.05, 3.63) is 93.9 Å². The first kappa shape index (κ1) is 20.7. The minimum Gasteiger partial charge on any atom is -0.422 e. The lowest BCUT2D eigenvalue weighted by Gasteiger charge is -2.20. The Morgan fingerprint density at radius 3 is 2.68 bits per heavy atom. The van der Waals surface area contributed by atoms with Crippen LogP contribution >= 0.6 is 11.6 Å². The first-order valence-electron chi connectivity index (χ1n) is 8.90. The third-order valence-corrected chi connectivity index (χ3v) is 5.35. The van der Waals surface area contributed by atoms with Crippen LogP contribution in [0.15, 0.2) is 82.1 Å². The van der Waals surface area contributed by atoms with Crippen molar-refractivity contribution in [1.29, 1.82) is 0 Å². The summed E-state index contributed by atoms with van der Waals surface area (Å²) in [5, 5.41) is 3.55. The molecular formula is C21H14ClN3O5S. The maximum atomic E-state index is 12.8. The SMILES string of the molecule is O=C(Nc1ccnc(N(c2ccccc2Cl)S(=O)O)c1)c1cccc2ccc(=O)oc12. The van der Waals surface area contributed by atoms with Crippen LogP contribution in [0.5, 0.6) is 0 Å². The summed E-state index contributed by atoms with van der Waals surface area (Å²) in [6.07, 6.45) is 1.38. The normalized spacial score (nSPS) is 11.8. The van der Waals surface area contributed by atoms with E-state index < -0.39 is 22.8 Å². The Hall–Kier alpha value is -3.53. The Balaban J connectivity index is 1.69. The molecule has 156 valence electrons. The van der Waals surface area contributed by atoms with Gasteiger partial charge in [-0.15, -0.1) is 0 Å². The number of hydrogen-bond donors (Lipinski definition) is 2. The van der Waals surface area contributed by atoms with Gasteiger partial charge in [-0.25, -0.2) is 18.3 Å². The maximum absolute atomic E-state index is 12.8. The molecule has 0 bridgehead atoms. The number of carbonyl (C=O) groups is 1. The highest BCUT2D eigenvalue weighted by molar-refractivity contribution is 7.81. The largest absolute Gasteiger partial charge is 0.422 e. The van der Waals surface area contributed by atoms with Gasteiger partial charge in [0.2, 0.25) is 0 Å². The van der Waals surface area contributed by atoms with Crippen LogP contribution in [0.2, 0.25) is 5.02 Å². The molecule has 2 heterocycles. The quantitative estimate of drug-likeness (QED) is 0.341. The molecule has 4 rings (SSSR count). The number of pyridine rings is 1. The van der Waals surface area contributed by atoms with Gasteiger partial charge in [-0.1, -0.05) is 35.9 Å². The van der Waals surface area contributed by atoms with Gasteiger partial charge in [0.25, 0.3) is 17.2 Å². The molecular weight excluding hydrogens is 442 g/mol. The molecule has 10 heteroatoms. The number of aromatic nitrogens is 1. The molecule has 1 atom stereocenters. The highest BCUT2D eigenvalue weighted by atomic mass is 35.5. The van der Waals surface area contributed by atoms with Crippen LogP contribution in [0, 0.1) is 0 Å². The lowest BCUT2D eigenvalue weighted by Crippen LogP contribution is -2.21. The van der Waals surface area contributed by atoms with E-state index in [-0.39, 0.29) is 27.7 Å². The second kappa shape index (κ2) is 8.68. The van der Waals surface area contributed by atoms with E-state index in [0.29, 0.717) is 11.1 Å². The second-order valence-corrected chi connectivity index (χ2v) is 7.55. The smallest absolute Gasteiger partial charge is 0.336 e. The van der Waals surface area contributed by atoms with Gasteiger partial charge < -0.3 is 9.73 Å². The van der Waals surface area contributed by atoms with Gasteiger partial charge in [0.15, 0.2) is 5.58 Å². The topological polar surface area (TPSA) is 113 Å². The second-order valence-electron chi connectivity index (χ2n) is 6.31. The molecule has 0 aliphatic rings. The first-order chi connectivity index (χ1) is 14.9. The van der Waals surface area contributed by atoms with E-state index in [1.807, 2.05) is 0 Å². The van der Waals surface area contributed by atoms with Crippen molar-refractivity contribution in [2.75, 3.05) is 9.62 Å². The van der Waals surface area contributed by atoms with Crippen LogP contribution < -0.4 is 15.2 Å². The Morgan fingerprint density at radius 1 is 1.10 bits per heavy atom. The third kappa shape index (κ3) is 4.33. The predicted molar refractivity (Wildman–Crippen MR) is 119 cm³/mol. The number of nitrogens with one attached hydrogen (secondary N) is 1. The summed E-state index contributed by atoms with van der Waals surface area (Å²) in [6, 6.07) is 17.2. The molecule has 2 N–H and O–H groups in total. The van der Waals surface area contributed by atoms with Crippen LogP contribution in [0.3, 0.4) is 0 Å². The van der Waals surface area contributed by atoms with Crippen LogP contribution in [0.1, 0.15) is 10.4 Å². The Morgan fingerprint density at radius 2 is 1.90 bits per heavy atom. The van der Waals surface area contributed by atoms with Crippen molar-refractivity contribution in [2.45, 2.75) is 0 Å². The fraction of sp³-hybridized carbons (Fsp3) is 0. The molecule has 2 aromatic heterocycles. The zero-order chi connectivity index (χ0) is 22.0. The number of benzene rings is 2. The zero-order valence-corrected chi connectivity index (χ0v) is 17.3. The number of hydrogen-bond acceptors (Lipinski definition) is 5. The number of fused-ring (bicyclic) bond motifs is 1. The maximum Gasteiger partial charge on any atom is 0.336 e. The van der Waals surface area contributed by atoms with Gasteiger partial charge in [-0.2, -0.15) is 0 Å². The van der Waals surface area contributed by atoms with Gasteiger partial charge in [-0.05, 0) is 30.3 Å². The molecule has 0 saturated carbocycles. The molecule has 0 aliphatic heterocycles. The fourth-order valence-corrected chi connectivity index (χ4v) is 3.84. The predicted octanol–water partition coefficient (Wildman–Crippen LogP) is 4.37. The molecule has 2 aromatic carbocycles. The van der Waals surface area contributed by atoms with Crippen molar-refractivity contribution in [2.24, 2.45) is 0 Å². The van der Waals surface area contributed by atoms with Crippen molar-refractivity contribution in [1.82, 2.24) is 4.98 Å². The average Bonchev–Trinajstić information content (AvgIpc) is 2.75. The van der Waals surface area contributed by atoms with Crippen molar-refractivity contribution >= 4 is 56.9 Å². The first-order valence-corrected chi connectivity index (χ1v) is 10.3. The number of rotatable bonds is 5. The number of carbonyl (C=O) groups excluding carboxylic acids is 1. The highest BCUT2D eigenvalue weighted by Crippen LogP contribution is 2.32. The summed E-state index contributed by atoms with van der Waals surface area (Å²) in [6.45, 7) is 0. The molecule has 0 aliphatic carbocycles. The number of para-hydroxylation sites is 2. The van der Waals surface area contributed by atoms with Crippen LogP contribution in [-0.2, 0) is 11.3 Å². The summed E-state index contributed by atoms with van der Waals surface area (Å²) in [7, 11) is 0. The van der Waals surface area contributed by atoms with E-state index in [1.165, 1.54) is 30.5 Å². The van der Waals surface area contributed by atoms with E-state index in [2.05, 4.69) is 10.3 Å². The van der Waals surface area contributed by atoms with Gasteiger partial charge in [-0.3, -0.25) is 9.35 Å². The lowest BCUT2D eigenvalue weighted by atomic mass is 10.1. The molecule has 0 saturated heterocycles. The van der Waals surface area contributed by atoms with Gasteiger partial charge >= 0.3 is 5.63 Å². The number of halogens is 1. The van der Waals surface area contributed by atoms with E-state index >= 15 is 0 Å². The summed E-state index contributed by atoms with van der Waals surface area (Å²) < 4.78 is 28.0. The minimum atomic E-state index is -2.47. The summed E-state index contributed by atoms with van der Waals surface area (Å²) in [5.41, 5.74) is 0.350. The molecule has 4 aromatic rings. The standard InChI is InChI=1S/C21H14ClN3O5S/c22-16-6-1-2-7-17(16)25(31(28)29)18-12-14(10-11-23-18)24-21(27)15-5-3-4-13-8-9-19(26)30-20(13)15/h1-12H,(H,28,29)(H,23,24,27). The van der Waals surface area contributed by atoms with Gasteiger partial charge in [0.05, 0.1) is 16.3 Å². The van der Waals surface area contributed by atoms with Gasteiger partial charge in [0, 0.05) is 29.4 Å². The molecule has 1 unspecified atom stereocenters. The van der Waals surface area contributed by atoms with Gasteiger partial charge in [0.1, 0.15) is 5.82 Å². The number of anilines is 3. The molecule has 0 radical (unpaired) electrons. The molecule has 1 amide bonds. The van der Waals surface area contributed by atoms with Crippen LogP contribution in [-0.4, -0.2) is 19.7 Å². The van der Waals surface area contributed by atoms with E-state index in [1.54, 1.807) is 42.5 Å². The molecule has 31 heavy (non-hydrogen) atoms. The van der Waals surface area contributed by atoms with E-state index in [4.69, 9.17) is 16.0 Å². The number of nitrogens with zero attached hydrogens (tertiary/aromatic N) is 2. The molecule has 8 nitrogen and oxygen atoms in total. The summed E-state index contributed by atoms with van der Waals surface area (Å²) in [4.78, 5) is 28.6. The van der Waals surface area contributed by atoms with Crippen molar-refractivity contribution in [3.8, 4) is 0 Å². The van der Waals surface area contributed by atoms with Crippen LogP contribution in [0.4, 0.5) is 17.2 Å². The van der Waals surface area contributed by atoms with Crippen LogP contribution in [0.25, 0.3) is 11.0 Å². The molecule has 0 fully saturated rings. The fourth-order valence-electron chi connectivity index (χ4n) is 2.98. The lowest BCUT2D eigenvalue weighted by molar-refractivity contribution is 0.102. The molecule has 0 spiro atoms. The van der Waals surface area contributed by atoms with Crippen molar-refractivity contribution < 1.29 is 18.0 Å². The number of amides is 1. The highest BCUT2D eigenvalue weighted by Gasteiger charge is 2.20. The van der Waals surface area contributed by atoms with E-state index in [0.717, 1.165) is 4.31 Å². The zero-order valence-electron chi connectivity index (χ0n) is 15.7. The average molecular weight is 456 g/mol. The Kier molecular flexibility index (Phi) is 5.81. The summed E-state index contributed by atoms with van der Waals surface area (Å²) in [5.74, 6) is -0.428. The minimum absolute atomic E-state index is 0.0937. The van der Waals surface area contributed by atoms with E-state index in [9.17, 15) is 18.4 Å². The monoisotopic (exact) mass is 455 g/mol. The Labute approximate surface area is 183 Å². The summed E-state index contributed by atoms with van der Waals surface area (Å²) >= 11 is 3.69. The van der Waals surface area contributed by atoms with Crippen molar-refractivity contribution in [3.63, 3.8) is 0 Å². The third-order valence-electron chi connectivity index (χ3n) is 4.33. The Bertz CT molecular complexity index is 1370.